The molecular weight excluding hydrogens is 290 g/mol. The molecule has 1 aliphatic heterocycles. The van der Waals surface area contributed by atoms with Crippen LogP contribution in [0.3, 0.4) is 0 Å². The second-order valence-electron chi connectivity index (χ2n) is 7.20. The Morgan fingerprint density at radius 1 is 1.30 bits per heavy atom. The Balaban J connectivity index is 2.34. The maximum Gasteiger partial charge on any atom is 0.269 e. The van der Waals surface area contributed by atoms with Crippen molar-refractivity contribution in [2.45, 2.75) is 41.0 Å². The fraction of sp³-hybridized carbons (Fsp3) is 0.611. The van der Waals surface area contributed by atoms with Gasteiger partial charge in [0.25, 0.3) is 5.69 Å². The summed E-state index contributed by atoms with van der Waals surface area (Å²) in [7, 11) is 0. The van der Waals surface area contributed by atoms with Gasteiger partial charge in [-0.3, -0.25) is 10.1 Å². The zero-order valence-electron chi connectivity index (χ0n) is 14.7. The molecule has 2 atom stereocenters. The minimum absolute atomic E-state index is 0.118. The van der Waals surface area contributed by atoms with Crippen molar-refractivity contribution >= 4 is 17.2 Å². The normalized spacial score (nSPS) is 22.5. The van der Waals surface area contributed by atoms with Crippen LogP contribution in [0, 0.1) is 34.8 Å². The standard InChI is InChI=1S/C18H27N3O2/c1-12(2)18(20-10-13(3)8-14(4)11-20)19-17-7-6-16(21(22)23)9-15(17)5/h6-7,9,12-14H,8,10-11H2,1-5H3/t13-,14?/m1/s1. The highest BCUT2D eigenvalue weighted by atomic mass is 16.6. The number of hydrogen-bond acceptors (Lipinski definition) is 3. The molecule has 0 radical (unpaired) electrons. The largest absolute Gasteiger partial charge is 0.359 e. The van der Waals surface area contributed by atoms with Gasteiger partial charge in [-0.2, -0.15) is 0 Å². The Hall–Kier alpha value is -1.91. The van der Waals surface area contributed by atoms with Crippen LogP contribution in [-0.4, -0.2) is 28.7 Å². The number of aliphatic imine (C=N–C) groups is 1. The molecule has 126 valence electrons. The number of hydrogen-bond donors (Lipinski definition) is 0. The van der Waals surface area contributed by atoms with Gasteiger partial charge in [-0.15, -0.1) is 0 Å². The number of benzene rings is 1. The van der Waals surface area contributed by atoms with Crippen molar-refractivity contribution in [3.05, 3.63) is 33.9 Å². The van der Waals surface area contributed by atoms with E-state index in [0.29, 0.717) is 17.8 Å². The first-order chi connectivity index (χ1) is 10.8. The van der Waals surface area contributed by atoms with E-state index in [0.717, 1.165) is 30.2 Å². The number of nitro groups is 1. The van der Waals surface area contributed by atoms with Crippen molar-refractivity contribution in [1.82, 2.24) is 4.90 Å². The van der Waals surface area contributed by atoms with Gasteiger partial charge in [-0.1, -0.05) is 27.7 Å². The lowest BCUT2D eigenvalue weighted by Crippen LogP contribution is -2.44. The van der Waals surface area contributed by atoms with Crippen LogP contribution in [0.2, 0.25) is 0 Å². The van der Waals surface area contributed by atoms with Gasteiger partial charge >= 0.3 is 0 Å². The molecule has 1 fully saturated rings. The molecule has 0 bridgehead atoms. The van der Waals surface area contributed by atoms with Gasteiger partial charge in [0, 0.05) is 31.1 Å². The third-order valence-electron chi connectivity index (χ3n) is 4.34. The van der Waals surface area contributed by atoms with Crippen LogP contribution in [0.4, 0.5) is 11.4 Å². The second kappa shape index (κ2) is 7.11. The van der Waals surface area contributed by atoms with Crippen LogP contribution in [0.1, 0.15) is 39.7 Å². The lowest BCUT2D eigenvalue weighted by molar-refractivity contribution is -0.384. The van der Waals surface area contributed by atoms with E-state index >= 15 is 0 Å². The highest BCUT2D eigenvalue weighted by Gasteiger charge is 2.25. The minimum Gasteiger partial charge on any atom is -0.359 e. The molecule has 0 spiro atoms. The Bertz CT molecular complexity index is 600. The lowest BCUT2D eigenvalue weighted by Gasteiger charge is -2.38. The van der Waals surface area contributed by atoms with Crippen molar-refractivity contribution in [3.8, 4) is 0 Å². The van der Waals surface area contributed by atoms with E-state index in [1.54, 1.807) is 12.1 Å². The number of amidine groups is 1. The van der Waals surface area contributed by atoms with Gasteiger partial charge in [0.05, 0.1) is 10.6 Å². The molecule has 0 saturated carbocycles. The topological polar surface area (TPSA) is 58.7 Å². The van der Waals surface area contributed by atoms with Gasteiger partial charge in [-0.25, -0.2) is 4.99 Å². The highest BCUT2D eigenvalue weighted by molar-refractivity contribution is 5.87. The predicted octanol–water partition coefficient (Wildman–Crippen LogP) is 4.57. The van der Waals surface area contributed by atoms with Crippen LogP contribution in [0.5, 0.6) is 0 Å². The second-order valence-corrected chi connectivity index (χ2v) is 7.20. The smallest absolute Gasteiger partial charge is 0.269 e. The van der Waals surface area contributed by atoms with Crippen molar-refractivity contribution in [2.75, 3.05) is 13.1 Å². The van der Waals surface area contributed by atoms with Crippen molar-refractivity contribution in [3.63, 3.8) is 0 Å². The molecule has 0 amide bonds. The van der Waals surface area contributed by atoms with E-state index in [9.17, 15) is 10.1 Å². The number of piperidine rings is 1. The van der Waals surface area contributed by atoms with Gasteiger partial charge in [-0.05, 0) is 36.8 Å². The summed E-state index contributed by atoms with van der Waals surface area (Å²) in [5, 5.41) is 10.9. The molecule has 1 unspecified atom stereocenters. The molecule has 0 N–H and O–H groups in total. The number of non-ortho nitro benzene ring substituents is 1. The highest BCUT2D eigenvalue weighted by Crippen LogP contribution is 2.27. The summed E-state index contributed by atoms with van der Waals surface area (Å²) in [6.45, 7) is 12.8. The average molecular weight is 317 g/mol. The molecule has 5 heteroatoms. The third-order valence-corrected chi connectivity index (χ3v) is 4.34. The van der Waals surface area contributed by atoms with E-state index in [1.807, 2.05) is 6.92 Å². The van der Waals surface area contributed by atoms with E-state index in [-0.39, 0.29) is 10.6 Å². The Labute approximate surface area is 138 Å². The quantitative estimate of drug-likeness (QED) is 0.355. The van der Waals surface area contributed by atoms with Crippen LogP contribution in [0.15, 0.2) is 23.2 Å². The van der Waals surface area contributed by atoms with Gasteiger partial charge < -0.3 is 4.90 Å². The molecule has 1 saturated heterocycles. The zero-order chi connectivity index (χ0) is 17.1. The van der Waals surface area contributed by atoms with Gasteiger partial charge in [0.2, 0.25) is 0 Å². The summed E-state index contributed by atoms with van der Waals surface area (Å²) >= 11 is 0. The number of aryl methyl sites for hydroxylation is 1. The predicted molar refractivity (Wildman–Crippen MR) is 94.3 cm³/mol. The molecular formula is C18H27N3O2. The average Bonchev–Trinajstić information content (AvgIpc) is 2.44. The first-order valence-corrected chi connectivity index (χ1v) is 8.36. The summed E-state index contributed by atoms with van der Waals surface area (Å²) in [6, 6.07) is 4.89. The van der Waals surface area contributed by atoms with Crippen LogP contribution in [0.25, 0.3) is 0 Å². The van der Waals surface area contributed by atoms with E-state index in [2.05, 4.69) is 32.6 Å². The van der Waals surface area contributed by atoms with Crippen LogP contribution in [-0.2, 0) is 0 Å². The molecule has 2 rings (SSSR count). The molecule has 1 aliphatic rings. The molecule has 1 aromatic carbocycles. The summed E-state index contributed by atoms with van der Waals surface area (Å²) in [5.41, 5.74) is 1.79. The molecule has 23 heavy (non-hydrogen) atoms. The van der Waals surface area contributed by atoms with E-state index in [4.69, 9.17) is 4.99 Å². The van der Waals surface area contributed by atoms with Crippen molar-refractivity contribution < 1.29 is 4.92 Å². The maximum absolute atomic E-state index is 10.9. The van der Waals surface area contributed by atoms with Crippen molar-refractivity contribution in [1.29, 1.82) is 0 Å². The van der Waals surface area contributed by atoms with E-state index in [1.165, 1.54) is 12.5 Å². The molecule has 1 aromatic rings. The monoisotopic (exact) mass is 317 g/mol. The number of likely N-dealkylation sites (tertiary alicyclic amines) is 1. The third kappa shape index (κ3) is 4.30. The first kappa shape index (κ1) is 17.4. The zero-order valence-corrected chi connectivity index (χ0v) is 14.7. The summed E-state index contributed by atoms with van der Waals surface area (Å²) in [6.07, 6.45) is 1.26. The molecule has 1 heterocycles. The Morgan fingerprint density at radius 3 is 2.39 bits per heavy atom. The van der Waals surface area contributed by atoms with Gasteiger partial charge in [0.15, 0.2) is 0 Å². The Kier molecular flexibility index (Phi) is 5.39. The molecule has 5 nitrogen and oxygen atoms in total. The fourth-order valence-electron chi connectivity index (χ4n) is 3.42. The molecule has 0 aromatic heterocycles. The van der Waals surface area contributed by atoms with Crippen molar-refractivity contribution in [2.24, 2.45) is 22.7 Å². The fourth-order valence-corrected chi connectivity index (χ4v) is 3.42. The van der Waals surface area contributed by atoms with Crippen LogP contribution < -0.4 is 0 Å². The summed E-state index contributed by atoms with van der Waals surface area (Å²) in [5.74, 6) is 2.74. The summed E-state index contributed by atoms with van der Waals surface area (Å²) in [4.78, 5) is 17.8. The van der Waals surface area contributed by atoms with Gasteiger partial charge in [0.1, 0.15) is 5.84 Å². The minimum atomic E-state index is -0.363. The number of rotatable bonds is 3. The maximum atomic E-state index is 10.9. The number of nitrogens with zero attached hydrogens (tertiary/aromatic N) is 3. The Morgan fingerprint density at radius 2 is 1.91 bits per heavy atom. The number of nitro benzene ring substituents is 1. The van der Waals surface area contributed by atoms with Crippen LogP contribution >= 0.6 is 0 Å². The lowest BCUT2D eigenvalue weighted by atomic mass is 9.91. The molecule has 0 aliphatic carbocycles. The first-order valence-electron chi connectivity index (χ1n) is 8.36. The summed E-state index contributed by atoms with van der Waals surface area (Å²) < 4.78 is 0. The SMILES string of the molecule is Cc1cc([N+](=O)[O-])ccc1N=C(C(C)C)N1CC(C)C[C@@H](C)C1. The van der Waals surface area contributed by atoms with E-state index < -0.39 is 0 Å².